The SMILES string of the molecule is N#Cc1ccc(Oc2cccc(F)c2C=O)cc1F. The minimum atomic E-state index is -0.746. The highest BCUT2D eigenvalue weighted by Crippen LogP contribution is 2.27. The third-order valence-corrected chi connectivity index (χ3v) is 2.42. The average molecular weight is 259 g/mol. The summed E-state index contributed by atoms with van der Waals surface area (Å²) in [5, 5.41) is 8.59. The summed E-state index contributed by atoms with van der Waals surface area (Å²) in [5.41, 5.74) is -0.366. The van der Waals surface area contributed by atoms with E-state index in [0.717, 1.165) is 12.1 Å². The molecule has 0 heterocycles. The van der Waals surface area contributed by atoms with Crippen molar-refractivity contribution in [2.24, 2.45) is 0 Å². The fraction of sp³-hybridized carbons (Fsp3) is 0. The molecule has 2 rings (SSSR count). The zero-order chi connectivity index (χ0) is 13.8. The normalized spacial score (nSPS) is 9.74. The van der Waals surface area contributed by atoms with Gasteiger partial charge in [-0.15, -0.1) is 0 Å². The summed E-state index contributed by atoms with van der Waals surface area (Å²) in [6, 6.07) is 9.16. The number of ether oxygens (including phenoxy) is 1. The lowest BCUT2D eigenvalue weighted by molar-refractivity contribution is 0.111. The van der Waals surface area contributed by atoms with Crippen LogP contribution in [0.25, 0.3) is 0 Å². The second-order valence-electron chi connectivity index (χ2n) is 3.63. The number of carbonyl (C=O) groups excluding carboxylic acids is 1. The standard InChI is InChI=1S/C14H7F2NO2/c15-12-2-1-3-14(11(12)8-18)19-10-5-4-9(7-17)13(16)6-10/h1-6,8H. The van der Waals surface area contributed by atoms with Crippen molar-refractivity contribution in [3.05, 3.63) is 59.2 Å². The van der Waals surface area contributed by atoms with Crippen LogP contribution in [-0.4, -0.2) is 6.29 Å². The maximum atomic E-state index is 13.4. The first-order valence-corrected chi connectivity index (χ1v) is 5.27. The number of benzene rings is 2. The summed E-state index contributed by atoms with van der Waals surface area (Å²) in [4.78, 5) is 10.8. The Hall–Kier alpha value is -2.74. The molecule has 2 aromatic carbocycles. The molecule has 0 saturated carbocycles. The van der Waals surface area contributed by atoms with E-state index in [4.69, 9.17) is 10.00 Å². The summed E-state index contributed by atoms with van der Waals surface area (Å²) < 4.78 is 31.9. The van der Waals surface area contributed by atoms with E-state index in [1.54, 1.807) is 6.07 Å². The topological polar surface area (TPSA) is 50.1 Å². The molecule has 0 saturated heterocycles. The Bertz CT molecular complexity index is 678. The molecule has 0 fully saturated rings. The summed E-state index contributed by atoms with van der Waals surface area (Å²) in [5.74, 6) is -1.41. The number of nitrogens with zero attached hydrogens (tertiary/aromatic N) is 1. The first-order valence-electron chi connectivity index (χ1n) is 5.27. The second-order valence-corrected chi connectivity index (χ2v) is 3.63. The Morgan fingerprint density at radius 2 is 1.95 bits per heavy atom. The summed E-state index contributed by atoms with van der Waals surface area (Å²) in [6.07, 6.45) is 0.324. The van der Waals surface area contributed by atoms with Crippen LogP contribution in [0.1, 0.15) is 15.9 Å². The number of halogens is 2. The molecular weight excluding hydrogens is 252 g/mol. The van der Waals surface area contributed by atoms with Crippen molar-refractivity contribution >= 4 is 6.29 Å². The molecule has 0 aliphatic heterocycles. The van der Waals surface area contributed by atoms with Crippen molar-refractivity contribution in [2.75, 3.05) is 0 Å². The predicted molar refractivity (Wildman–Crippen MR) is 63.0 cm³/mol. The predicted octanol–water partition coefficient (Wildman–Crippen LogP) is 3.44. The van der Waals surface area contributed by atoms with Crippen LogP contribution in [0.5, 0.6) is 11.5 Å². The molecule has 0 radical (unpaired) electrons. The van der Waals surface area contributed by atoms with Crippen molar-refractivity contribution in [2.45, 2.75) is 0 Å². The smallest absolute Gasteiger partial charge is 0.156 e. The van der Waals surface area contributed by atoms with E-state index in [1.165, 1.54) is 24.3 Å². The monoisotopic (exact) mass is 259 g/mol. The fourth-order valence-electron chi connectivity index (χ4n) is 1.50. The van der Waals surface area contributed by atoms with E-state index in [2.05, 4.69) is 0 Å². The molecular formula is C14H7F2NO2. The lowest BCUT2D eigenvalue weighted by atomic mass is 10.2. The van der Waals surface area contributed by atoms with Crippen LogP contribution in [-0.2, 0) is 0 Å². The highest BCUT2D eigenvalue weighted by Gasteiger charge is 2.10. The fourth-order valence-corrected chi connectivity index (χ4v) is 1.50. The van der Waals surface area contributed by atoms with E-state index < -0.39 is 11.6 Å². The summed E-state index contributed by atoms with van der Waals surface area (Å²) in [7, 11) is 0. The maximum absolute atomic E-state index is 13.4. The number of hydrogen-bond donors (Lipinski definition) is 0. The van der Waals surface area contributed by atoms with Gasteiger partial charge in [-0.2, -0.15) is 5.26 Å². The molecule has 3 nitrogen and oxygen atoms in total. The van der Waals surface area contributed by atoms with E-state index in [0.29, 0.717) is 6.29 Å². The van der Waals surface area contributed by atoms with Crippen LogP contribution in [0.3, 0.4) is 0 Å². The zero-order valence-corrected chi connectivity index (χ0v) is 9.56. The zero-order valence-electron chi connectivity index (χ0n) is 9.56. The molecule has 0 N–H and O–H groups in total. The van der Waals surface area contributed by atoms with Gasteiger partial charge in [0, 0.05) is 6.07 Å². The quantitative estimate of drug-likeness (QED) is 0.793. The summed E-state index contributed by atoms with van der Waals surface area (Å²) >= 11 is 0. The van der Waals surface area contributed by atoms with Crippen LogP contribution in [0.15, 0.2) is 36.4 Å². The van der Waals surface area contributed by atoms with Gasteiger partial charge >= 0.3 is 0 Å². The van der Waals surface area contributed by atoms with Gasteiger partial charge in [-0.1, -0.05) is 6.07 Å². The maximum Gasteiger partial charge on any atom is 0.156 e. The largest absolute Gasteiger partial charge is 0.456 e. The number of carbonyl (C=O) groups is 1. The number of rotatable bonds is 3. The minimum Gasteiger partial charge on any atom is -0.456 e. The van der Waals surface area contributed by atoms with Crippen LogP contribution >= 0.6 is 0 Å². The Morgan fingerprint density at radius 1 is 1.16 bits per heavy atom. The van der Waals surface area contributed by atoms with Gasteiger partial charge in [0.2, 0.25) is 0 Å². The van der Waals surface area contributed by atoms with E-state index in [1.807, 2.05) is 0 Å². The van der Waals surface area contributed by atoms with Gasteiger partial charge < -0.3 is 4.74 Å². The molecule has 94 valence electrons. The van der Waals surface area contributed by atoms with Gasteiger partial charge in [0.15, 0.2) is 6.29 Å². The molecule has 2 aromatic rings. The Labute approximate surface area is 107 Å². The van der Waals surface area contributed by atoms with Crippen LogP contribution in [0.2, 0.25) is 0 Å². The van der Waals surface area contributed by atoms with Gasteiger partial charge in [-0.3, -0.25) is 4.79 Å². The van der Waals surface area contributed by atoms with Crippen molar-refractivity contribution in [3.8, 4) is 17.6 Å². The lowest BCUT2D eigenvalue weighted by Gasteiger charge is -2.08. The van der Waals surface area contributed by atoms with Gasteiger partial charge in [-0.05, 0) is 24.3 Å². The van der Waals surface area contributed by atoms with E-state index in [9.17, 15) is 13.6 Å². The third kappa shape index (κ3) is 2.58. The average Bonchev–Trinajstić information content (AvgIpc) is 2.39. The number of hydrogen-bond acceptors (Lipinski definition) is 3. The van der Waals surface area contributed by atoms with Gasteiger partial charge in [0.1, 0.15) is 29.2 Å². The highest BCUT2D eigenvalue weighted by molar-refractivity contribution is 5.79. The second kappa shape index (κ2) is 5.27. The van der Waals surface area contributed by atoms with E-state index in [-0.39, 0.29) is 22.6 Å². The molecule has 0 aliphatic carbocycles. The first-order chi connectivity index (χ1) is 9.15. The Morgan fingerprint density at radius 3 is 2.58 bits per heavy atom. The molecule has 0 aliphatic rings. The molecule has 0 unspecified atom stereocenters. The molecule has 0 spiro atoms. The molecule has 5 heteroatoms. The number of nitriles is 1. The minimum absolute atomic E-state index is 0.0147. The van der Waals surface area contributed by atoms with Crippen molar-refractivity contribution in [1.82, 2.24) is 0 Å². The van der Waals surface area contributed by atoms with E-state index >= 15 is 0 Å². The molecule has 0 aromatic heterocycles. The molecule has 0 amide bonds. The van der Waals surface area contributed by atoms with Crippen molar-refractivity contribution in [1.29, 1.82) is 5.26 Å². The van der Waals surface area contributed by atoms with Crippen molar-refractivity contribution < 1.29 is 18.3 Å². The molecule has 19 heavy (non-hydrogen) atoms. The van der Waals surface area contributed by atoms with Gasteiger partial charge in [0.05, 0.1) is 11.1 Å². The first kappa shape index (κ1) is 12.7. The Kier molecular flexibility index (Phi) is 3.53. The Balaban J connectivity index is 2.37. The molecule has 0 atom stereocenters. The van der Waals surface area contributed by atoms with Gasteiger partial charge in [-0.25, -0.2) is 8.78 Å². The van der Waals surface area contributed by atoms with Crippen LogP contribution in [0, 0.1) is 23.0 Å². The van der Waals surface area contributed by atoms with Gasteiger partial charge in [0.25, 0.3) is 0 Å². The lowest BCUT2D eigenvalue weighted by Crippen LogP contribution is -1.95. The van der Waals surface area contributed by atoms with Crippen LogP contribution in [0.4, 0.5) is 8.78 Å². The van der Waals surface area contributed by atoms with Crippen LogP contribution < -0.4 is 4.74 Å². The number of aldehydes is 1. The third-order valence-electron chi connectivity index (χ3n) is 2.42. The summed E-state index contributed by atoms with van der Waals surface area (Å²) in [6.45, 7) is 0. The highest BCUT2D eigenvalue weighted by atomic mass is 19.1. The molecule has 0 bridgehead atoms. The van der Waals surface area contributed by atoms with Crippen molar-refractivity contribution in [3.63, 3.8) is 0 Å².